The van der Waals surface area contributed by atoms with E-state index in [9.17, 15) is 9.90 Å². The second-order valence-corrected chi connectivity index (χ2v) is 3.91. The molecule has 1 aromatic rings. The number of anilines is 1. The molecule has 2 heterocycles. The van der Waals surface area contributed by atoms with Crippen LogP contribution in [0.4, 0.5) is 5.82 Å². The molecule has 1 aliphatic rings. The van der Waals surface area contributed by atoms with E-state index >= 15 is 0 Å². The lowest BCUT2D eigenvalue weighted by Gasteiger charge is -2.18. The summed E-state index contributed by atoms with van der Waals surface area (Å²) < 4.78 is 59.1. The van der Waals surface area contributed by atoms with Crippen molar-refractivity contribution in [2.45, 2.75) is 12.5 Å². The topological polar surface area (TPSA) is 62.7 Å². The van der Waals surface area contributed by atoms with Crippen molar-refractivity contribution in [1.29, 1.82) is 0 Å². The predicted octanol–water partition coefficient (Wildman–Crippen LogP) is 1.20. The number of esters is 1. The molecule has 6 heteroatoms. The van der Waals surface area contributed by atoms with Crippen LogP contribution < -0.4 is 4.90 Å². The maximum atomic E-state index is 11.5. The van der Waals surface area contributed by atoms with Crippen molar-refractivity contribution in [2.24, 2.45) is 0 Å². The van der Waals surface area contributed by atoms with Gasteiger partial charge in [0.15, 0.2) is 0 Å². The van der Waals surface area contributed by atoms with Gasteiger partial charge in [0.05, 0.1) is 27.3 Å². The maximum absolute atomic E-state index is 11.5. The molecule has 0 aromatic carbocycles. The smallest absolute Gasteiger partial charge is 0.339 e. The summed E-state index contributed by atoms with van der Waals surface area (Å²) in [6.45, 7) is -6.25. The zero-order chi connectivity index (χ0) is 18.7. The summed E-state index contributed by atoms with van der Waals surface area (Å²) >= 11 is 3.02. The molecule has 0 aliphatic carbocycles. The molecule has 0 bridgehead atoms. The standard InChI is InChI=1S/C11H13BrN2O3/c1-17-11(16)7-4-9(12)10(13-5-7)14-3-2-8(15)6-14/h4-5,8,15H,2-3,6H2,1H3/i2D2,3D2,6D2,8D. The zero-order valence-electron chi connectivity index (χ0n) is 15.7. The molecule has 1 atom stereocenters. The number of aliphatic hydroxyl groups is 1. The number of ether oxygens (including phenoxy) is 1. The number of halogens is 1. The average Bonchev–Trinajstić information content (AvgIpc) is 2.53. The highest BCUT2D eigenvalue weighted by Gasteiger charge is 2.23. The molecule has 0 saturated carbocycles. The third-order valence-electron chi connectivity index (χ3n) is 1.96. The minimum atomic E-state index is -3.41. The lowest BCUT2D eigenvalue weighted by Crippen LogP contribution is -2.22. The van der Waals surface area contributed by atoms with E-state index in [2.05, 4.69) is 25.7 Å². The quantitative estimate of drug-likeness (QED) is 0.832. The van der Waals surface area contributed by atoms with E-state index in [0.29, 0.717) is 0 Å². The molecule has 92 valence electrons. The third kappa shape index (κ3) is 2.58. The van der Waals surface area contributed by atoms with Crippen LogP contribution in [0.25, 0.3) is 0 Å². The van der Waals surface area contributed by atoms with Crippen molar-refractivity contribution in [2.75, 3.05) is 25.0 Å². The van der Waals surface area contributed by atoms with Gasteiger partial charge in [-0.3, -0.25) is 0 Å². The first-order chi connectivity index (χ1) is 10.7. The third-order valence-corrected chi connectivity index (χ3v) is 2.54. The van der Waals surface area contributed by atoms with Gasteiger partial charge in [-0.25, -0.2) is 9.78 Å². The Morgan fingerprint density at radius 3 is 3.18 bits per heavy atom. The van der Waals surface area contributed by atoms with Crippen LogP contribution in [-0.2, 0) is 4.74 Å². The zero-order valence-corrected chi connectivity index (χ0v) is 10.3. The second kappa shape index (κ2) is 5.01. The normalized spacial score (nSPS) is 38.8. The molecule has 5 nitrogen and oxygen atoms in total. The summed E-state index contributed by atoms with van der Waals surface area (Å²) in [5.41, 5.74) is -0.00223. The largest absolute Gasteiger partial charge is 0.465 e. The van der Waals surface area contributed by atoms with Crippen LogP contribution in [-0.4, -0.2) is 42.2 Å². The molecule has 0 spiro atoms. The number of hydrogen-bond acceptors (Lipinski definition) is 5. The Labute approximate surface area is 117 Å². The molecule has 1 aromatic heterocycles. The van der Waals surface area contributed by atoms with Gasteiger partial charge in [-0.2, -0.15) is 0 Å². The van der Waals surface area contributed by atoms with E-state index < -0.39 is 37.2 Å². The van der Waals surface area contributed by atoms with Crippen LogP contribution in [0.15, 0.2) is 16.7 Å². The Bertz CT molecular complexity index is 672. The lowest BCUT2D eigenvalue weighted by molar-refractivity contribution is 0.0600. The highest BCUT2D eigenvalue weighted by atomic mass is 79.9. The summed E-state index contributed by atoms with van der Waals surface area (Å²) in [6.07, 6.45) is -5.69. The molecule has 1 fully saturated rings. The SMILES string of the molecule is [2H]C1([2H])N(c2ncc(C(=O)OC)cc2Br)C([2H])([2H])C([2H])(O)C1([2H])[2H]. The van der Waals surface area contributed by atoms with E-state index in [4.69, 9.17) is 9.60 Å². The van der Waals surface area contributed by atoms with Crippen molar-refractivity contribution < 1.29 is 24.2 Å². The first-order valence-electron chi connectivity index (χ1n) is 8.00. The van der Waals surface area contributed by atoms with Crippen LogP contribution in [0, 0.1) is 0 Å². The maximum Gasteiger partial charge on any atom is 0.339 e. The van der Waals surface area contributed by atoms with E-state index in [1.165, 1.54) is 6.07 Å². The van der Waals surface area contributed by atoms with Crippen LogP contribution in [0.3, 0.4) is 0 Å². The fraction of sp³-hybridized carbons (Fsp3) is 0.455. The fourth-order valence-corrected chi connectivity index (χ4v) is 1.73. The molecule has 2 rings (SSSR count). The summed E-state index contributed by atoms with van der Waals surface area (Å²) in [7, 11) is 1.15. The van der Waals surface area contributed by atoms with Gasteiger partial charge in [-0.15, -0.1) is 0 Å². The van der Waals surface area contributed by atoms with Gasteiger partial charge in [0.1, 0.15) is 5.82 Å². The fourth-order valence-electron chi connectivity index (χ4n) is 1.20. The Kier molecular flexibility index (Phi) is 1.81. The molecule has 17 heavy (non-hydrogen) atoms. The molecule has 1 unspecified atom stereocenters. The molecule has 1 aliphatic heterocycles. The van der Waals surface area contributed by atoms with Gasteiger partial charge in [-0.05, 0) is 28.4 Å². The number of carbonyl (C=O) groups excluding carboxylic acids is 1. The summed E-state index contributed by atoms with van der Waals surface area (Å²) in [5.74, 6) is -1.14. The Morgan fingerprint density at radius 2 is 2.65 bits per heavy atom. The van der Waals surface area contributed by atoms with Gasteiger partial charge < -0.3 is 14.7 Å². The van der Waals surface area contributed by atoms with Crippen molar-refractivity contribution in [1.82, 2.24) is 4.98 Å². The number of carbonyl (C=O) groups is 1. The molecular formula is C11H13BrN2O3. The lowest BCUT2D eigenvalue weighted by atomic mass is 10.3. The number of methoxy groups -OCH3 is 1. The van der Waals surface area contributed by atoms with Crippen molar-refractivity contribution in [3.63, 3.8) is 0 Å². The van der Waals surface area contributed by atoms with E-state index in [1.54, 1.807) is 0 Å². The van der Waals surface area contributed by atoms with E-state index in [-0.39, 0.29) is 14.9 Å². The average molecular weight is 308 g/mol. The Hall–Kier alpha value is -1.14. The molecule has 0 radical (unpaired) electrons. The van der Waals surface area contributed by atoms with Gasteiger partial charge in [-0.1, -0.05) is 0 Å². The number of β-amino-alcohol motifs (C(OH)–C–C–N with tert-alkyl or cyclic N) is 1. The summed E-state index contributed by atoms with van der Waals surface area (Å²) in [5, 5.41) is 10.0. The van der Waals surface area contributed by atoms with Crippen LogP contribution in [0.2, 0.25) is 0 Å². The van der Waals surface area contributed by atoms with Crippen molar-refractivity contribution >= 4 is 27.7 Å². The number of pyridine rings is 1. The highest BCUT2D eigenvalue weighted by molar-refractivity contribution is 9.10. The number of nitrogens with zero attached hydrogens (tertiary/aromatic N) is 2. The van der Waals surface area contributed by atoms with Crippen LogP contribution in [0.5, 0.6) is 0 Å². The van der Waals surface area contributed by atoms with Gasteiger partial charge >= 0.3 is 5.97 Å². The predicted molar refractivity (Wildman–Crippen MR) is 66.1 cm³/mol. The van der Waals surface area contributed by atoms with Gasteiger partial charge in [0.2, 0.25) is 0 Å². The first kappa shape index (κ1) is 6.15. The van der Waals surface area contributed by atoms with Crippen molar-refractivity contribution in [3.05, 3.63) is 22.3 Å². The summed E-state index contributed by atoms with van der Waals surface area (Å²) in [6, 6.07) is 1.19. The highest BCUT2D eigenvalue weighted by Crippen LogP contribution is 2.27. The molecule has 1 N–H and O–H groups in total. The molecule has 0 amide bonds. The summed E-state index contributed by atoms with van der Waals surface area (Å²) in [4.78, 5) is 15.5. The monoisotopic (exact) mass is 307 g/mol. The number of hydrogen-bond donors (Lipinski definition) is 1. The molecule has 1 saturated heterocycles. The minimum absolute atomic E-state index is 0.00223. The number of aromatic nitrogens is 1. The number of rotatable bonds is 2. The second-order valence-electron chi connectivity index (χ2n) is 3.05. The van der Waals surface area contributed by atoms with Gasteiger partial charge in [0.25, 0.3) is 0 Å². The van der Waals surface area contributed by atoms with Crippen LogP contribution >= 0.6 is 15.9 Å². The first-order valence-corrected chi connectivity index (χ1v) is 5.29. The van der Waals surface area contributed by atoms with Gasteiger partial charge in [0, 0.05) is 24.7 Å². The Morgan fingerprint density at radius 1 is 1.88 bits per heavy atom. The van der Waals surface area contributed by atoms with Crippen LogP contribution in [0.1, 0.15) is 26.3 Å². The minimum Gasteiger partial charge on any atom is -0.465 e. The van der Waals surface area contributed by atoms with Crippen molar-refractivity contribution in [3.8, 4) is 0 Å². The Balaban J connectivity index is 2.65. The van der Waals surface area contributed by atoms with E-state index in [1.807, 2.05) is 0 Å². The van der Waals surface area contributed by atoms with E-state index in [0.717, 1.165) is 13.3 Å². The molecular weight excluding hydrogens is 288 g/mol.